The number of amides is 1. The van der Waals surface area contributed by atoms with Crippen LogP contribution in [0.5, 0.6) is 0 Å². The van der Waals surface area contributed by atoms with E-state index in [9.17, 15) is 9.59 Å². The van der Waals surface area contributed by atoms with E-state index in [4.69, 9.17) is 14.2 Å². The molecular weight excluding hydrogens is 286 g/mol. The largest absolute Gasteiger partial charge is 0.466 e. The summed E-state index contributed by atoms with van der Waals surface area (Å²) in [5.41, 5.74) is -0.542. The summed E-state index contributed by atoms with van der Waals surface area (Å²) in [6.45, 7) is 7.56. The lowest BCUT2D eigenvalue weighted by Crippen LogP contribution is -2.48. The average molecular weight is 315 g/mol. The summed E-state index contributed by atoms with van der Waals surface area (Å²) in [6, 6.07) is 0. The number of nitrogens with zero attached hydrogens (tertiary/aromatic N) is 1. The molecule has 1 saturated heterocycles. The van der Waals surface area contributed by atoms with Gasteiger partial charge in [-0.15, -0.1) is 0 Å². The molecule has 22 heavy (non-hydrogen) atoms. The maximum absolute atomic E-state index is 12.3. The Kier molecular flexibility index (Phi) is 7.65. The van der Waals surface area contributed by atoms with E-state index in [1.165, 1.54) is 0 Å². The standard InChI is InChI=1S/C16H29NO5/c1-5-13(3)22-15(19)17-10-7-16(8-11-17,9-12-20-4)14(18)21-6-2/h13H,5-12H2,1-4H3. The zero-order valence-electron chi connectivity index (χ0n) is 14.2. The molecule has 0 saturated carbocycles. The molecule has 0 aromatic rings. The topological polar surface area (TPSA) is 65.1 Å². The van der Waals surface area contributed by atoms with Crippen LogP contribution in [0.2, 0.25) is 0 Å². The number of rotatable bonds is 7. The number of carbonyl (C=O) groups excluding carboxylic acids is 2. The second kappa shape index (κ2) is 8.98. The predicted molar refractivity (Wildman–Crippen MR) is 82.6 cm³/mol. The molecule has 6 nitrogen and oxygen atoms in total. The number of methoxy groups -OCH3 is 1. The predicted octanol–water partition coefficient (Wildman–Crippen LogP) is 2.60. The molecule has 6 heteroatoms. The van der Waals surface area contributed by atoms with Crippen molar-refractivity contribution in [1.82, 2.24) is 4.90 Å². The van der Waals surface area contributed by atoms with Crippen LogP contribution < -0.4 is 0 Å². The van der Waals surface area contributed by atoms with Crippen LogP contribution in [0.25, 0.3) is 0 Å². The fourth-order valence-electron chi connectivity index (χ4n) is 2.59. The molecule has 0 N–H and O–H groups in total. The number of piperidine rings is 1. The summed E-state index contributed by atoms with van der Waals surface area (Å²) in [6.07, 6.45) is 2.21. The molecule has 1 aliphatic rings. The Morgan fingerprint density at radius 1 is 1.23 bits per heavy atom. The van der Waals surface area contributed by atoms with Gasteiger partial charge in [-0.1, -0.05) is 6.92 Å². The summed E-state index contributed by atoms with van der Waals surface area (Å²) >= 11 is 0. The summed E-state index contributed by atoms with van der Waals surface area (Å²) in [4.78, 5) is 26.0. The number of hydrogen-bond acceptors (Lipinski definition) is 5. The van der Waals surface area contributed by atoms with Gasteiger partial charge in [0.1, 0.15) is 6.10 Å². The van der Waals surface area contributed by atoms with Gasteiger partial charge in [-0.2, -0.15) is 0 Å². The van der Waals surface area contributed by atoms with E-state index in [-0.39, 0.29) is 18.2 Å². The molecule has 1 atom stereocenters. The van der Waals surface area contributed by atoms with E-state index in [1.54, 1.807) is 18.9 Å². The van der Waals surface area contributed by atoms with Gasteiger partial charge in [0.25, 0.3) is 0 Å². The molecule has 1 fully saturated rings. The minimum absolute atomic E-state index is 0.0854. The highest BCUT2D eigenvalue weighted by Gasteiger charge is 2.43. The fourth-order valence-corrected chi connectivity index (χ4v) is 2.59. The first-order valence-corrected chi connectivity index (χ1v) is 8.10. The Labute approximate surface area is 133 Å². The van der Waals surface area contributed by atoms with Crippen molar-refractivity contribution in [3.63, 3.8) is 0 Å². The van der Waals surface area contributed by atoms with Crippen molar-refractivity contribution in [3.05, 3.63) is 0 Å². The molecule has 1 rings (SSSR count). The van der Waals surface area contributed by atoms with Crippen LogP contribution in [-0.4, -0.2) is 56.5 Å². The van der Waals surface area contributed by atoms with Crippen LogP contribution >= 0.6 is 0 Å². The third-order valence-corrected chi connectivity index (χ3v) is 4.35. The number of likely N-dealkylation sites (tertiary alicyclic amines) is 1. The first-order chi connectivity index (χ1) is 10.5. The zero-order valence-corrected chi connectivity index (χ0v) is 14.2. The van der Waals surface area contributed by atoms with Gasteiger partial charge in [0.2, 0.25) is 0 Å². The Morgan fingerprint density at radius 3 is 2.36 bits per heavy atom. The number of carbonyl (C=O) groups is 2. The van der Waals surface area contributed by atoms with Gasteiger partial charge in [-0.25, -0.2) is 4.79 Å². The van der Waals surface area contributed by atoms with Crippen molar-refractivity contribution in [3.8, 4) is 0 Å². The Balaban J connectivity index is 2.64. The molecule has 0 aliphatic carbocycles. The lowest BCUT2D eigenvalue weighted by molar-refractivity contribution is -0.160. The van der Waals surface area contributed by atoms with E-state index >= 15 is 0 Å². The summed E-state index contributed by atoms with van der Waals surface area (Å²) in [5, 5.41) is 0. The van der Waals surface area contributed by atoms with Crippen LogP contribution in [0.4, 0.5) is 4.79 Å². The summed E-state index contributed by atoms with van der Waals surface area (Å²) < 4.78 is 15.7. The van der Waals surface area contributed by atoms with Crippen LogP contribution in [0, 0.1) is 5.41 Å². The Bertz CT molecular complexity index is 364. The maximum atomic E-state index is 12.3. The van der Waals surface area contributed by atoms with Crippen molar-refractivity contribution in [2.24, 2.45) is 5.41 Å². The van der Waals surface area contributed by atoms with E-state index in [2.05, 4.69) is 0 Å². The Hall–Kier alpha value is -1.30. The maximum Gasteiger partial charge on any atom is 0.410 e. The summed E-state index contributed by atoms with van der Waals surface area (Å²) in [7, 11) is 1.62. The van der Waals surface area contributed by atoms with Gasteiger partial charge in [0.15, 0.2) is 0 Å². The first kappa shape index (κ1) is 18.7. The van der Waals surface area contributed by atoms with Gasteiger partial charge < -0.3 is 19.1 Å². The van der Waals surface area contributed by atoms with Gasteiger partial charge >= 0.3 is 12.1 Å². The van der Waals surface area contributed by atoms with Crippen molar-refractivity contribution in [2.45, 2.75) is 52.6 Å². The van der Waals surface area contributed by atoms with Crippen molar-refractivity contribution >= 4 is 12.1 Å². The molecule has 0 spiro atoms. The first-order valence-electron chi connectivity index (χ1n) is 8.10. The molecule has 0 radical (unpaired) electrons. The SMILES string of the molecule is CCOC(=O)C1(CCOC)CCN(C(=O)OC(C)CC)CC1. The molecule has 1 aliphatic heterocycles. The number of ether oxygens (including phenoxy) is 3. The molecule has 1 heterocycles. The zero-order chi connectivity index (χ0) is 16.6. The fraction of sp³-hybridized carbons (Fsp3) is 0.875. The van der Waals surface area contributed by atoms with Gasteiger partial charge in [-0.05, 0) is 39.5 Å². The molecule has 0 bridgehead atoms. The highest BCUT2D eigenvalue weighted by molar-refractivity contribution is 5.77. The van der Waals surface area contributed by atoms with Gasteiger partial charge in [0.05, 0.1) is 12.0 Å². The van der Waals surface area contributed by atoms with Crippen LogP contribution in [0.3, 0.4) is 0 Å². The second-order valence-corrected chi connectivity index (χ2v) is 5.83. The van der Waals surface area contributed by atoms with Gasteiger partial charge in [0, 0.05) is 26.8 Å². The van der Waals surface area contributed by atoms with Crippen molar-refractivity contribution in [2.75, 3.05) is 33.4 Å². The van der Waals surface area contributed by atoms with Crippen LogP contribution in [0.15, 0.2) is 0 Å². The molecule has 1 amide bonds. The van der Waals surface area contributed by atoms with Gasteiger partial charge in [-0.3, -0.25) is 4.79 Å². The highest BCUT2D eigenvalue weighted by atomic mass is 16.6. The third kappa shape index (κ3) is 4.87. The second-order valence-electron chi connectivity index (χ2n) is 5.83. The number of hydrogen-bond donors (Lipinski definition) is 0. The normalized spacial score (nSPS) is 18.6. The molecule has 1 unspecified atom stereocenters. The van der Waals surface area contributed by atoms with Crippen molar-refractivity contribution in [1.29, 1.82) is 0 Å². The Morgan fingerprint density at radius 2 is 1.86 bits per heavy atom. The van der Waals surface area contributed by atoms with E-state index in [0.717, 1.165) is 6.42 Å². The molecule has 0 aromatic heterocycles. The average Bonchev–Trinajstić information content (AvgIpc) is 2.53. The molecular formula is C16H29NO5. The van der Waals surface area contributed by atoms with E-state index in [1.807, 2.05) is 13.8 Å². The van der Waals surface area contributed by atoms with Crippen molar-refractivity contribution < 1.29 is 23.8 Å². The summed E-state index contributed by atoms with van der Waals surface area (Å²) in [5.74, 6) is -0.179. The minimum atomic E-state index is -0.542. The highest BCUT2D eigenvalue weighted by Crippen LogP contribution is 2.36. The smallest absolute Gasteiger partial charge is 0.410 e. The molecule has 0 aromatic carbocycles. The quantitative estimate of drug-likeness (QED) is 0.676. The lowest BCUT2D eigenvalue weighted by atomic mass is 9.76. The van der Waals surface area contributed by atoms with E-state index < -0.39 is 5.41 Å². The van der Waals surface area contributed by atoms with Crippen LogP contribution in [-0.2, 0) is 19.0 Å². The monoisotopic (exact) mass is 315 g/mol. The molecule has 128 valence electrons. The number of esters is 1. The minimum Gasteiger partial charge on any atom is -0.466 e. The lowest BCUT2D eigenvalue weighted by Gasteiger charge is -2.39. The van der Waals surface area contributed by atoms with Crippen LogP contribution in [0.1, 0.15) is 46.5 Å². The van der Waals surface area contributed by atoms with E-state index in [0.29, 0.717) is 45.6 Å². The third-order valence-electron chi connectivity index (χ3n) is 4.35.